The van der Waals surface area contributed by atoms with Crippen molar-refractivity contribution in [2.45, 2.75) is 52.3 Å². The first kappa shape index (κ1) is 25.0. The molecule has 184 valence electrons. The molecule has 0 bridgehead atoms. The number of halogens is 1. The van der Waals surface area contributed by atoms with E-state index in [1.165, 1.54) is 0 Å². The van der Waals surface area contributed by atoms with Gasteiger partial charge in [-0.15, -0.1) is 0 Å². The van der Waals surface area contributed by atoms with Gasteiger partial charge in [0, 0.05) is 28.8 Å². The van der Waals surface area contributed by atoms with Gasteiger partial charge in [-0.05, 0) is 74.7 Å². The van der Waals surface area contributed by atoms with Gasteiger partial charge in [0.25, 0.3) is 5.91 Å². The lowest BCUT2D eigenvalue weighted by Gasteiger charge is -2.40. The number of benzene rings is 3. The Labute approximate surface area is 215 Å². The van der Waals surface area contributed by atoms with Crippen molar-refractivity contribution in [2.75, 3.05) is 18.4 Å². The van der Waals surface area contributed by atoms with Crippen LogP contribution in [-0.4, -0.2) is 41.6 Å². The van der Waals surface area contributed by atoms with Crippen LogP contribution in [0.25, 0.3) is 10.8 Å². The Morgan fingerprint density at radius 1 is 1.06 bits per heavy atom. The van der Waals surface area contributed by atoms with Crippen molar-refractivity contribution < 1.29 is 14.3 Å². The minimum Gasteiger partial charge on any atom is -0.444 e. The van der Waals surface area contributed by atoms with Gasteiger partial charge in [0.2, 0.25) is 0 Å². The molecule has 1 saturated heterocycles. The third kappa shape index (κ3) is 5.78. The van der Waals surface area contributed by atoms with Gasteiger partial charge in [0.05, 0.1) is 12.1 Å². The Morgan fingerprint density at radius 2 is 1.74 bits per heavy atom. The molecular weight excluding hydrogens is 506 g/mol. The Bertz CT molecular complexity index is 1260. The van der Waals surface area contributed by atoms with Crippen molar-refractivity contribution in [1.82, 2.24) is 10.2 Å². The molecule has 2 N–H and O–H groups in total. The zero-order valence-electron chi connectivity index (χ0n) is 20.8. The summed E-state index contributed by atoms with van der Waals surface area (Å²) in [5.41, 5.74) is 2.96. The number of amides is 2. The molecule has 1 heterocycles. The van der Waals surface area contributed by atoms with E-state index in [1.807, 2.05) is 71.0 Å². The zero-order chi connectivity index (χ0) is 25.3. The smallest absolute Gasteiger partial charge is 0.410 e. The van der Waals surface area contributed by atoms with Crippen molar-refractivity contribution in [1.29, 1.82) is 0 Å². The molecule has 0 spiro atoms. The first-order chi connectivity index (χ1) is 16.5. The highest BCUT2D eigenvalue weighted by Crippen LogP contribution is 2.30. The molecule has 2 amide bonds. The molecule has 4 rings (SSSR count). The summed E-state index contributed by atoms with van der Waals surface area (Å²) in [6.07, 6.45) is -0.297. The Kier molecular flexibility index (Phi) is 7.08. The number of carbonyl (C=O) groups excluding carboxylic acids is 2. The fourth-order valence-corrected chi connectivity index (χ4v) is 4.73. The van der Waals surface area contributed by atoms with Gasteiger partial charge in [-0.1, -0.05) is 52.3 Å². The van der Waals surface area contributed by atoms with Crippen molar-refractivity contribution in [3.05, 3.63) is 75.8 Å². The average molecular weight is 538 g/mol. The number of fused-ring (bicyclic) bond motifs is 1. The molecule has 0 unspecified atom stereocenters. The second-order valence-electron chi connectivity index (χ2n) is 10.1. The Balaban J connectivity index is 1.42. The molecule has 0 radical (unpaired) electrons. The van der Waals surface area contributed by atoms with E-state index in [4.69, 9.17) is 4.74 Å². The van der Waals surface area contributed by atoms with Crippen molar-refractivity contribution in [2.24, 2.45) is 0 Å². The fourth-order valence-electron chi connectivity index (χ4n) is 4.25. The van der Waals surface area contributed by atoms with Gasteiger partial charge in [0.1, 0.15) is 5.60 Å². The van der Waals surface area contributed by atoms with Crippen LogP contribution in [0, 0.1) is 6.92 Å². The number of likely N-dealkylation sites (tertiary alicyclic amines) is 1. The summed E-state index contributed by atoms with van der Waals surface area (Å²) in [7, 11) is 0. The minimum absolute atomic E-state index is 0.116. The first-order valence-corrected chi connectivity index (χ1v) is 12.6. The van der Waals surface area contributed by atoms with Crippen molar-refractivity contribution >= 4 is 44.4 Å². The molecule has 3 aromatic carbocycles. The minimum atomic E-state index is -0.505. The lowest BCUT2D eigenvalue weighted by Crippen LogP contribution is -2.57. The molecule has 0 aromatic heterocycles. The molecule has 0 aliphatic carbocycles. The third-order valence-electron chi connectivity index (χ3n) is 6.10. The Morgan fingerprint density at radius 3 is 2.43 bits per heavy atom. The van der Waals surface area contributed by atoms with Crippen LogP contribution in [0.15, 0.2) is 59.1 Å². The van der Waals surface area contributed by atoms with Crippen LogP contribution in [-0.2, 0) is 4.74 Å². The molecule has 1 fully saturated rings. The van der Waals surface area contributed by atoms with Crippen LogP contribution in [0.2, 0.25) is 0 Å². The lowest BCUT2D eigenvalue weighted by atomic mass is 9.99. The molecule has 1 atom stereocenters. The van der Waals surface area contributed by atoms with Crippen LogP contribution >= 0.6 is 15.9 Å². The van der Waals surface area contributed by atoms with E-state index in [9.17, 15) is 9.59 Å². The highest BCUT2D eigenvalue weighted by atomic mass is 79.9. The molecule has 7 heteroatoms. The van der Waals surface area contributed by atoms with E-state index >= 15 is 0 Å². The maximum atomic E-state index is 13.2. The molecule has 35 heavy (non-hydrogen) atoms. The molecule has 1 aliphatic rings. The van der Waals surface area contributed by atoms with E-state index in [1.54, 1.807) is 4.90 Å². The maximum Gasteiger partial charge on any atom is 0.410 e. The normalized spacial score (nSPS) is 14.9. The van der Waals surface area contributed by atoms with E-state index in [0.717, 1.165) is 32.1 Å². The molecular formula is C28H32BrN3O3. The van der Waals surface area contributed by atoms with E-state index < -0.39 is 5.60 Å². The number of hydrogen-bond acceptors (Lipinski definition) is 4. The predicted octanol–water partition coefficient (Wildman–Crippen LogP) is 6.43. The number of nitrogens with zero attached hydrogens (tertiary/aromatic N) is 1. The summed E-state index contributed by atoms with van der Waals surface area (Å²) in [5.74, 6) is -0.116. The topological polar surface area (TPSA) is 70.7 Å². The van der Waals surface area contributed by atoms with Crippen LogP contribution in [0.4, 0.5) is 10.5 Å². The third-order valence-corrected chi connectivity index (χ3v) is 6.80. The monoisotopic (exact) mass is 537 g/mol. The summed E-state index contributed by atoms with van der Waals surface area (Å²) in [6, 6.07) is 18.0. The summed E-state index contributed by atoms with van der Waals surface area (Å²) in [5, 5.41) is 8.83. The first-order valence-electron chi connectivity index (χ1n) is 11.8. The molecule has 6 nitrogen and oxygen atoms in total. The van der Waals surface area contributed by atoms with E-state index in [-0.39, 0.29) is 24.1 Å². The van der Waals surface area contributed by atoms with Crippen molar-refractivity contribution in [3.63, 3.8) is 0 Å². The quantitative estimate of drug-likeness (QED) is 0.393. The fraction of sp³-hybridized carbons (Fsp3) is 0.357. The Hall–Kier alpha value is -3.06. The SMILES string of the molecule is Cc1ccc(NC2CN(C(=O)OC(C)(C)C)C2)cc1C(=O)N[C@@H](C)c1ccc(Br)c2ccccc12. The zero-order valence-corrected chi connectivity index (χ0v) is 22.4. The van der Waals surface area contributed by atoms with Gasteiger partial charge >= 0.3 is 6.09 Å². The second-order valence-corrected chi connectivity index (χ2v) is 11.0. The van der Waals surface area contributed by atoms with Crippen LogP contribution in [0.5, 0.6) is 0 Å². The highest BCUT2D eigenvalue weighted by Gasteiger charge is 2.33. The molecule has 3 aromatic rings. The molecule has 1 aliphatic heterocycles. The second kappa shape index (κ2) is 9.90. The number of carbonyl (C=O) groups is 2. The lowest BCUT2D eigenvalue weighted by molar-refractivity contribution is 0.0105. The number of anilines is 1. The maximum absolute atomic E-state index is 13.2. The van der Waals surface area contributed by atoms with Crippen LogP contribution in [0.1, 0.15) is 55.2 Å². The predicted molar refractivity (Wildman–Crippen MR) is 144 cm³/mol. The summed E-state index contributed by atoms with van der Waals surface area (Å²) < 4.78 is 6.45. The van der Waals surface area contributed by atoms with Crippen LogP contribution in [0.3, 0.4) is 0 Å². The van der Waals surface area contributed by atoms with Gasteiger partial charge < -0.3 is 20.3 Å². The van der Waals surface area contributed by atoms with E-state index in [0.29, 0.717) is 18.7 Å². The van der Waals surface area contributed by atoms with Gasteiger partial charge in [0.15, 0.2) is 0 Å². The summed E-state index contributed by atoms with van der Waals surface area (Å²) >= 11 is 3.62. The van der Waals surface area contributed by atoms with Crippen LogP contribution < -0.4 is 10.6 Å². The number of hydrogen-bond donors (Lipinski definition) is 2. The van der Waals surface area contributed by atoms with Gasteiger partial charge in [-0.2, -0.15) is 0 Å². The van der Waals surface area contributed by atoms with Gasteiger partial charge in [-0.3, -0.25) is 4.79 Å². The number of ether oxygens (including phenoxy) is 1. The number of nitrogens with one attached hydrogen (secondary N) is 2. The summed E-state index contributed by atoms with van der Waals surface area (Å²) in [4.78, 5) is 27.1. The average Bonchev–Trinajstić information content (AvgIpc) is 2.76. The molecule has 0 saturated carbocycles. The summed E-state index contributed by atoms with van der Waals surface area (Å²) in [6.45, 7) is 10.7. The standard InChI is InChI=1S/C28H32BrN3O3/c1-17-10-11-19(31-20-15-32(16-20)27(34)35-28(3,4)5)14-24(17)26(33)30-18(2)21-12-13-25(29)23-9-7-6-8-22(21)23/h6-14,18,20,31H,15-16H2,1-5H3,(H,30,33)/t18-/m0/s1. The van der Waals surface area contributed by atoms with E-state index in [2.05, 4.69) is 44.8 Å². The largest absolute Gasteiger partial charge is 0.444 e. The number of rotatable bonds is 5. The highest BCUT2D eigenvalue weighted by molar-refractivity contribution is 9.10. The van der Waals surface area contributed by atoms with Gasteiger partial charge in [-0.25, -0.2) is 4.79 Å². The van der Waals surface area contributed by atoms with Crippen molar-refractivity contribution in [3.8, 4) is 0 Å². The number of aryl methyl sites for hydroxylation is 1.